The minimum atomic E-state index is -3.43. The van der Waals surface area contributed by atoms with Gasteiger partial charge < -0.3 is 0 Å². The van der Waals surface area contributed by atoms with Crippen LogP contribution in [0.3, 0.4) is 0 Å². The summed E-state index contributed by atoms with van der Waals surface area (Å²) < 4.78 is 28.8. The second-order valence-corrected chi connectivity index (χ2v) is 10.1. The molecule has 2 aromatic rings. The van der Waals surface area contributed by atoms with E-state index in [1.165, 1.54) is 5.39 Å². The highest BCUT2D eigenvalue weighted by Gasteiger charge is 2.35. The molecule has 20 heavy (non-hydrogen) atoms. The summed E-state index contributed by atoms with van der Waals surface area (Å²) in [4.78, 5) is 1.05. The Hall–Kier alpha value is -1.04. The Kier molecular flexibility index (Phi) is 3.52. The topological polar surface area (TPSA) is 43.4 Å². The maximum absolute atomic E-state index is 11.6. The molecule has 1 aliphatic heterocycles. The maximum Gasteiger partial charge on any atom is 0.273 e. The Morgan fingerprint density at radius 1 is 1.00 bits per heavy atom. The van der Waals surface area contributed by atoms with E-state index in [1.54, 1.807) is 0 Å². The van der Waals surface area contributed by atoms with Gasteiger partial charge in [-0.05, 0) is 35.7 Å². The first-order chi connectivity index (χ1) is 9.49. The summed E-state index contributed by atoms with van der Waals surface area (Å²) in [6.07, 6.45) is 3.23. The molecule has 1 aliphatic rings. The van der Waals surface area contributed by atoms with Gasteiger partial charge in [-0.1, -0.05) is 40.6 Å². The summed E-state index contributed by atoms with van der Waals surface area (Å²) >= 11 is 0. The van der Waals surface area contributed by atoms with E-state index in [2.05, 4.69) is 24.3 Å². The van der Waals surface area contributed by atoms with Gasteiger partial charge in [0.05, 0.1) is 6.26 Å². The van der Waals surface area contributed by atoms with E-state index in [4.69, 9.17) is 3.63 Å². The molecule has 2 aromatic carbocycles. The third kappa shape index (κ3) is 2.71. The van der Waals surface area contributed by atoms with Gasteiger partial charge in [0.1, 0.15) is 0 Å². The van der Waals surface area contributed by atoms with E-state index >= 15 is 0 Å². The summed E-state index contributed by atoms with van der Waals surface area (Å²) in [7, 11) is -5.11. The Morgan fingerprint density at radius 3 is 2.30 bits per heavy atom. The molecule has 1 fully saturated rings. The van der Waals surface area contributed by atoms with Crippen molar-refractivity contribution in [2.45, 2.75) is 17.7 Å². The Balaban J connectivity index is 2.09. The van der Waals surface area contributed by atoms with Crippen LogP contribution in [0.25, 0.3) is 10.8 Å². The van der Waals surface area contributed by atoms with Crippen LogP contribution in [0.1, 0.15) is 12.8 Å². The predicted molar refractivity (Wildman–Crippen MR) is 84.7 cm³/mol. The monoisotopic (exact) mass is 310 g/mol. The van der Waals surface area contributed by atoms with E-state index in [0.29, 0.717) is 0 Å². The molecule has 0 spiro atoms. The first kappa shape index (κ1) is 13.9. The van der Waals surface area contributed by atoms with Crippen molar-refractivity contribution in [3.63, 3.8) is 0 Å². The molecule has 0 aliphatic carbocycles. The largest absolute Gasteiger partial charge is 0.273 e. The highest BCUT2D eigenvalue weighted by molar-refractivity contribution is 8.33. The first-order valence-electron chi connectivity index (χ1n) is 6.67. The predicted octanol–water partition coefficient (Wildman–Crippen LogP) is 3.69. The maximum atomic E-state index is 11.6. The third-order valence-corrected chi connectivity index (χ3v) is 8.64. The van der Waals surface area contributed by atoms with Crippen LogP contribution < -0.4 is 0 Å². The molecule has 0 atom stereocenters. The van der Waals surface area contributed by atoms with Gasteiger partial charge in [0.15, 0.2) is 0 Å². The van der Waals surface area contributed by atoms with Crippen LogP contribution >= 0.6 is 10.3 Å². The van der Waals surface area contributed by atoms with Gasteiger partial charge in [-0.25, -0.2) is 3.63 Å². The summed E-state index contributed by atoms with van der Waals surface area (Å²) in [6.45, 7) is 0. The molecule has 0 saturated carbocycles. The summed E-state index contributed by atoms with van der Waals surface area (Å²) in [5.41, 5.74) is 0. The van der Waals surface area contributed by atoms with Gasteiger partial charge >= 0.3 is 0 Å². The SMILES string of the molecule is CS(=O)(=O)OS1(c2ccc3ccccc3c2)CCCC1. The van der Waals surface area contributed by atoms with Crippen LogP contribution in [0, 0.1) is 0 Å². The lowest BCUT2D eigenvalue weighted by molar-refractivity contribution is 0.517. The highest BCUT2D eigenvalue weighted by atomic mass is 32.3. The van der Waals surface area contributed by atoms with Gasteiger partial charge in [-0.3, -0.25) is 0 Å². The smallest absolute Gasteiger partial charge is 0.216 e. The molecule has 1 saturated heterocycles. The third-order valence-electron chi connectivity index (χ3n) is 3.60. The molecule has 1 heterocycles. The number of rotatable bonds is 3. The molecule has 5 heteroatoms. The lowest BCUT2D eigenvalue weighted by Crippen LogP contribution is -2.12. The zero-order valence-electron chi connectivity index (χ0n) is 11.4. The average Bonchev–Trinajstić information content (AvgIpc) is 2.85. The summed E-state index contributed by atoms with van der Waals surface area (Å²) in [6, 6.07) is 14.3. The van der Waals surface area contributed by atoms with Crippen LogP contribution in [-0.4, -0.2) is 26.2 Å². The molecular weight excluding hydrogens is 292 g/mol. The van der Waals surface area contributed by atoms with Crippen LogP contribution in [-0.2, 0) is 13.7 Å². The van der Waals surface area contributed by atoms with E-state index in [0.717, 1.165) is 40.9 Å². The van der Waals surface area contributed by atoms with Crippen molar-refractivity contribution in [3.8, 4) is 0 Å². The van der Waals surface area contributed by atoms with Gasteiger partial charge in [0, 0.05) is 16.4 Å². The fraction of sp³-hybridized carbons (Fsp3) is 0.333. The van der Waals surface area contributed by atoms with Crippen molar-refractivity contribution in [3.05, 3.63) is 42.5 Å². The lowest BCUT2D eigenvalue weighted by Gasteiger charge is -2.34. The zero-order chi connectivity index (χ0) is 14.2. The van der Waals surface area contributed by atoms with Crippen molar-refractivity contribution >= 4 is 31.2 Å². The number of fused-ring (bicyclic) bond motifs is 1. The van der Waals surface area contributed by atoms with Crippen LogP contribution in [0.15, 0.2) is 47.4 Å². The van der Waals surface area contributed by atoms with Crippen molar-refractivity contribution in [1.29, 1.82) is 0 Å². The molecule has 0 aromatic heterocycles. The van der Waals surface area contributed by atoms with E-state index in [1.807, 2.05) is 18.2 Å². The second kappa shape index (κ2) is 5.06. The minimum Gasteiger partial charge on any atom is -0.216 e. The molecule has 0 amide bonds. The number of hydrogen-bond donors (Lipinski definition) is 0. The fourth-order valence-electron chi connectivity index (χ4n) is 2.75. The average molecular weight is 310 g/mol. The van der Waals surface area contributed by atoms with Gasteiger partial charge in [0.2, 0.25) is 0 Å². The van der Waals surface area contributed by atoms with Gasteiger partial charge in [0.25, 0.3) is 10.1 Å². The molecule has 0 bridgehead atoms. The number of benzene rings is 2. The number of hydrogen-bond acceptors (Lipinski definition) is 3. The van der Waals surface area contributed by atoms with Crippen LogP contribution in [0.5, 0.6) is 0 Å². The van der Waals surface area contributed by atoms with Gasteiger partial charge in [-0.15, -0.1) is 0 Å². The van der Waals surface area contributed by atoms with Crippen molar-refractivity contribution in [2.75, 3.05) is 17.8 Å². The Bertz CT molecular complexity index is 732. The van der Waals surface area contributed by atoms with E-state index in [9.17, 15) is 8.42 Å². The van der Waals surface area contributed by atoms with Crippen molar-refractivity contribution in [2.24, 2.45) is 0 Å². The molecule has 108 valence electrons. The van der Waals surface area contributed by atoms with E-state index in [-0.39, 0.29) is 0 Å². The second-order valence-electron chi connectivity index (χ2n) is 5.21. The standard InChI is InChI=1S/C15H18O3S2/c1-19(16,17)18-20(10-4-5-11-20)15-9-8-13-6-2-3-7-14(13)12-15/h2-3,6-9,12H,4-5,10-11H2,1H3. The quantitative estimate of drug-likeness (QED) is 0.868. The fourth-order valence-corrected chi connectivity index (χ4v) is 8.18. The summed E-state index contributed by atoms with van der Waals surface area (Å²) in [5, 5.41) is 2.31. The molecule has 0 radical (unpaired) electrons. The molecule has 0 N–H and O–H groups in total. The lowest BCUT2D eigenvalue weighted by atomic mass is 10.1. The van der Waals surface area contributed by atoms with Crippen molar-refractivity contribution in [1.82, 2.24) is 0 Å². The Morgan fingerprint density at radius 2 is 1.65 bits per heavy atom. The Labute approximate surface area is 121 Å². The summed E-state index contributed by atoms with van der Waals surface area (Å²) in [5.74, 6) is 1.69. The normalized spacial score (nSPS) is 20.1. The molecule has 3 nitrogen and oxygen atoms in total. The van der Waals surface area contributed by atoms with Crippen LogP contribution in [0.4, 0.5) is 0 Å². The molecule has 3 rings (SSSR count). The van der Waals surface area contributed by atoms with Crippen LogP contribution in [0.2, 0.25) is 0 Å². The van der Waals surface area contributed by atoms with E-state index < -0.39 is 20.4 Å². The van der Waals surface area contributed by atoms with Crippen molar-refractivity contribution < 1.29 is 12.0 Å². The first-order valence-corrected chi connectivity index (χ1v) is 10.4. The molecular formula is C15H18O3S2. The van der Waals surface area contributed by atoms with Gasteiger partial charge in [-0.2, -0.15) is 8.42 Å². The highest BCUT2D eigenvalue weighted by Crippen LogP contribution is 2.62. The molecule has 0 unspecified atom stereocenters. The zero-order valence-corrected chi connectivity index (χ0v) is 13.0. The minimum absolute atomic E-state index is 0.846.